The zero-order valence-electron chi connectivity index (χ0n) is 9.52. The fraction of sp³-hybridized carbons (Fsp3) is 0.500. The van der Waals surface area contributed by atoms with Crippen molar-refractivity contribution in [1.82, 2.24) is 5.32 Å². The van der Waals surface area contributed by atoms with Gasteiger partial charge in [0.2, 0.25) is 0 Å². The molecule has 0 saturated carbocycles. The fourth-order valence-electron chi connectivity index (χ4n) is 1.85. The Labute approximate surface area is 97.6 Å². The van der Waals surface area contributed by atoms with Crippen molar-refractivity contribution in [1.29, 1.82) is 5.26 Å². The van der Waals surface area contributed by atoms with Crippen LogP contribution in [0.5, 0.6) is 0 Å². The van der Waals surface area contributed by atoms with E-state index in [1.807, 2.05) is 0 Å². The predicted octanol–water partition coefficient (Wildman–Crippen LogP) is -1.17. The van der Waals surface area contributed by atoms with Crippen molar-refractivity contribution in [3.05, 3.63) is 0 Å². The summed E-state index contributed by atoms with van der Waals surface area (Å²) < 4.78 is -1.14. The summed E-state index contributed by atoms with van der Waals surface area (Å²) in [4.78, 5) is 46.5. The summed E-state index contributed by atoms with van der Waals surface area (Å²) in [6.07, 6.45) is -0.259. The maximum absolute atomic E-state index is 12.0. The minimum Gasteiger partial charge on any atom is -0.335 e. The first kappa shape index (κ1) is 13.0. The molecule has 0 aromatic rings. The maximum Gasteiger partial charge on any atom is 0.352 e. The van der Waals surface area contributed by atoms with E-state index in [9.17, 15) is 19.2 Å². The molecule has 0 aromatic heterocycles. The van der Waals surface area contributed by atoms with E-state index in [0.717, 1.165) is 13.8 Å². The van der Waals surface area contributed by atoms with Crippen LogP contribution in [-0.4, -0.2) is 40.7 Å². The third-order valence-electron chi connectivity index (χ3n) is 2.76. The van der Waals surface area contributed by atoms with Crippen LogP contribution in [0.3, 0.4) is 0 Å². The van der Waals surface area contributed by atoms with Crippen molar-refractivity contribution in [2.45, 2.75) is 26.3 Å². The predicted molar refractivity (Wildman–Crippen MR) is 53.7 cm³/mol. The molecular weight excluding hydrogens is 226 g/mol. The first-order valence-electron chi connectivity index (χ1n) is 4.97. The number of carbonyl (C=O) groups excluding carboxylic acids is 4. The summed E-state index contributed by atoms with van der Waals surface area (Å²) in [6, 6.07) is 0.633. The van der Waals surface area contributed by atoms with Gasteiger partial charge in [0, 0.05) is 0 Å². The minimum atomic E-state index is -1.14. The second kappa shape index (κ2) is 4.43. The lowest BCUT2D eigenvalue weighted by Gasteiger charge is -2.34. The number of nitrogens with one attached hydrogen (secondary N) is 1. The Morgan fingerprint density at radius 2 is 1.94 bits per heavy atom. The lowest BCUT2D eigenvalue weighted by molar-refractivity contribution is -0.696. The van der Waals surface area contributed by atoms with Gasteiger partial charge in [-0.05, 0) is 0 Å². The van der Waals surface area contributed by atoms with Crippen LogP contribution in [0.4, 0.5) is 0 Å². The van der Waals surface area contributed by atoms with Gasteiger partial charge in [0.25, 0.3) is 5.91 Å². The molecule has 1 atom stereocenters. The highest BCUT2D eigenvalue weighted by Gasteiger charge is 2.55. The molecule has 0 aliphatic carbocycles. The molecule has 1 heterocycles. The van der Waals surface area contributed by atoms with Gasteiger partial charge < -0.3 is 5.32 Å². The Hall–Kier alpha value is -2.07. The molecule has 1 N–H and O–H groups in total. The van der Waals surface area contributed by atoms with Crippen LogP contribution >= 0.6 is 0 Å². The number of nitrogens with zero attached hydrogens (tertiary/aromatic N) is 2. The lowest BCUT2D eigenvalue weighted by Crippen LogP contribution is -2.71. The number of amides is 4. The summed E-state index contributed by atoms with van der Waals surface area (Å²) in [5.74, 6) is -2.75. The fourth-order valence-corrected chi connectivity index (χ4v) is 1.85. The van der Waals surface area contributed by atoms with E-state index < -0.39 is 40.7 Å². The molecule has 1 fully saturated rings. The third-order valence-corrected chi connectivity index (χ3v) is 2.76. The summed E-state index contributed by atoms with van der Waals surface area (Å²) in [5, 5.41) is 10.8. The van der Waals surface area contributed by atoms with Gasteiger partial charge >= 0.3 is 17.7 Å². The molecule has 1 aliphatic rings. The zero-order chi connectivity index (χ0) is 13.2. The van der Waals surface area contributed by atoms with Crippen molar-refractivity contribution in [3.8, 4) is 6.07 Å². The number of piperazine rings is 1. The largest absolute Gasteiger partial charge is 0.352 e. The Morgan fingerprint density at radius 3 is 2.35 bits per heavy atom. The van der Waals surface area contributed by atoms with Crippen molar-refractivity contribution in [2.24, 2.45) is 0 Å². The van der Waals surface area contributed by atoms with Crippen LogP contribution in [0, 0.1) is 11.3 Å². The molecule has 1 unspecified atom stereocenters. The highest BCUT2D eigenvalue weighted by molar-refractivity contribution is 6.04. The van der Waals surface area contributed by atoms with Crippen LogP contribution in [0.15, 0.2) is 0 Å². The number of imide groups is 3. The molecular formula is C10H12N3O4+. The van der Waals surface area contributed by atoms with E-state index in [0.29, 0.717) is 0 Å². The van der Waals surface area contributed by atoms with Crippen molar-refractivity contribution < 1.29 is 23.7 Å². The normalized spacial score (nSPS) is 22.5. The van der Waals surface area contributed by atoms with Crippen LogP contribution in [0.1, 0.15) is 20.3 Å². The van der Waals surface area contributed by atoms with E-state index >= 15 is 0 Å². The molecule has 0 aromatic carbocycles. The van der Waals surface area contributed by atoms with Gasteiger partial charge in [-0.15, -0.1) is 4.48 Å². The second-order valence-corrected chi connectivity index (χ2v) is 3.83. The second-order valence-electron chi connectivity index (χ2n) is 3.83. The number of rotatable bonds is 1. The molecule has 4 amide bonds. The first-order valence-corrected chi connectivity index (χ1v) is 4.97. The molecule has 7 heteroatoms. The summed E-state index contributed by atoms with van der Waals surface area (Å²) in [7, 11) is 0. The smallest absolute Gasteiger partial charge is 0.335 e. The van der Waals surface area contributed by atoms with Crippen LogP contribution in [0.2, 0.25) is 0 Å². The van der Waals surface area contributed by atoms with Gasteiger partial charge in [-0.3, -0.25) is 4.79 Å². The van der Waals surface area contributed by atoms with Crippen LogP contribution in [0.25, 0.3) is 0 Å². The Balaban J connectivity index is 3.25. The monoisotopic (exact) mass is 238 g/mol. The lowest BCUT2D eigenvalue weighted by atomic mass is 10.1. The zero-order valence-corrected chi connectivity index (χ0v) is 9.52. The summed E-state index contributed by atoms with van der Waals surface area (Å²) in [6.45, 7) is 1.65. The van der Waals surface area contributed by atoms with Gasteiger partial charge in [-0.1, -0.05) is 0 Å². The number of carbonyl (C=O) groups is 4. The number of nitriles is 1. The van der Waals surface area contributed by atoms with E-state index in [4.69, 9.17) is 5.26 Å². The highest BCUT2D eigenvalue weighted by atomic mass is 16.2. The number of hydrogen-bond donors (Lipinski definition) is 1. The minimum absolute atomic E-state index is 0.259. The Morgan fingerprint density at radius 1 is 1.41 bits per heavy atom. The number of quaternary nitrogens is 1. The SMILES string of the molecule is CC(=O)[N+]1(C(C)=O)CC(=O)NC(CC#N)C1=O. The Bertz CT molecular complexity index is 435. The van der Waals surface area contributed by atoms with Crippen LogP contribution < -0.4 is 5.32 Å². The average Bonchev–Trinajstić information content (AvgIpc) is 2.22. The van der Waals surface area contributed by atoms with Crippen LogP contribution in [-0.2, 0) is 19.2 Å². The molecule has 1 saturated heterocycles. The first-order chi connectivity index (χ1) is 7.86. The van der Waals surface area contributed by atoms with E-state index in [-0.39, 0.29) is 6.42 Å². The van der Waals surface area contributed by atoms with Crippen molar-refractivity contribution in [2.75, 3.05) is 6.54 Å². The Kier molecular flexibility index (Phi) is 3.39. The van der Waals surface area contributed by atoms with E-state index in [1.54, 1.807) is 6.07 Å². The highest BCUT2D eigenvalue weighted by Crippen LogP contribution is 2.18. The van der Waals surface area contributed by atoms with E-state index in [1.165, 1.54) is 0 Å². The van der Waals surface area contributed by atoms with Gasteiger partial charge in [-0.25, -0.2) is 14.4 Å². The number of hydrogen-bond acceptors (Lipinski definition) is 5. The standard InChI is InChI=1S/C10H11N3O4/c1-6(14)13(7(2)15)5-9(16)12-8(3-4-11)10(13)17/h8H,3,5H2,1-2H3/p+1. The molecule has 90 valence electrons. The molecule has 7 nitrogen and oxygen atoms in total. The molecule has 0 radical (unpaired) electrons. The van der Waals surface area contributed by atoms with Gasteiger partial charge in [-0.2, -0.15) is 5.26 Å². The molecule has 0 bridgehead atoms. The molecule has 0 spiro atoms. The van der Waals surface area contributed by atoms with E-state index in [2.05, 4.69) is 5.32 Å². The molecule has 17 heavy (non-hydrogen) atoms. The molecule has 1 rings (SSSR count). The summed E-state index contributed by atoms with van der Waals surface area (Å²) >= 11 is 0. The topological polar surface area (TPSA) is 104 Å². The van der Waals surface area contributed by atoms with Gasteiger partial charge in [0.15, 0.2) is 12.6 Å². The van der Waals surface area contributed by atoms with Gasteiger partial charge in [0.05, 0.1) is 26.3 Å². The average molecular weight is 238 g/mol. The molecule has 1 aliphatic heterocycles. The van der Waals surface area contributed by atoms with Crippen molar-refractivity contribution >= 4 is 23.6 Å². The summed E-state index contributed by atoms with van der Waals surface area (Å²) in [5.41, 5.74) is 0. The van der Waals surface area contributed by atoms with Crippen molar-refractivity contribution in [3.63, 3.8) is 0 Å². The van der Waals surface area contributed by atoms with Gasteiger partial charge in [0.1, 0.15) is 0 Å². The quantitative estimate of drug-likeness (QED) is 0.580. The maximum atomic E-state index is 12.0. The third kappa shape index (κ3) is 1.94.